The Labute approximate surface area is 132 Å². The molecule has 0 atom stereocenters. The molecule has 24 heavy (non-hydrogen) atoms. The maximum atomic E-state index is 12.8. The van der Waals surface area contributed by atoms with Crippen LogP contribution in [0.3, 0.4) is 0 Å². The molecule has 5 nitrogen and oxygen atoms in total. The third-order valence-corrected chi connectivity index (χ3v) is 3.67. The Morgan fingerprint density at radius 1 is 1.08 bits per heavy atom. The van der Waals surface area contributed by atoms with E-state index in [2.05, 4.69) is 15.1 Å². The van der Waals surface area contributed by atoms with Crippen molar-refractivity contribution in [3.8, 4) is 11.3 Å². The van der Waals surface area contributed by atoms with Crippen molar-refractivity contribution in [2.75, 3.05) is 0 Å². The molecule has 0 saturated carbocycles. The van der Waals surface area contributed by atoms with Gasteiger partial charge in [0.15, 0.2) is 0 Å². The van der Waals surface area contributed by atoms with Gasteiger partial charge < -0.3 is 4.98 Å². The second-order valence-electron chi connectivity index (χ2n) is 5.23. The highest BCUT2D eigenvalue weighted by Gasteiger charge is 2.32. The van der Waals surface area contributed by atoms with E-state index in [0.29, 0.717) is 22.2 Å². The molecule has 0 radical (unpaired) electrons. The smallest absolute Gasteiger partial charge is 0.306 e. The molecule has 0 aliphatic carbocycles. The van der Waals surface area contributed by atoms with Crippen molar-refractivity contribution in [3.63, 3.8) is 0 Å². The molecule has 4 rings (SSSR count). The Balaban J connectivity index is 1.96. The third kappa shape index (κ3) is 2.23. The van der Waals surface area contributed by atoms with Crippen LogP contribution in [-0.2, 0) is 6.18 Å². The van der Waals surface area contributed by atoms with Gasteiger partial charge in [0.05, 0.1) is 16.6 Å². The molecule has 3 heterocycles. The summed E-state index contributed by atoms with van der Waals surface area (Å²) in [5, 5.41) is 4.78. The first-order valence-electron chi connectivity index (χ1n) is 6.98. The summed E-state index contributed by atoms with van der Waals surface area (Å²) in [4.78, 5) is 18.1. The van der Waals surface area contributed by atoms with Gasteiger partial charge in [0.1, 0.15) is 11.3 Å². The second kappa shape index (κ2) is 4.92. The Morgan fingerprint density at radius 3 is 2.67 bits per heavy atom. The number of aromatic nitrogens is 4. The van der Waals surface area contributed by atoms with E-state index in [1.807, 2.05) is 0 Å². The van der Waals surface area contributed by atoms with Gasteiger partial charge in [-0.2, -0.15) is 18.3 Å². The van der Waals surface area contributed by atoms with Crippen LogP contribution < -0.4 is 5.56 Å². The normalized spacial score (nSPS) is 12.1. The summed E-state index contributed by atoms with van der Waals surface area (Å²) in [6.45, 7) is 0. The summed E-state index contributed by atoms with van der Waals surface area (Å²) in [5.41, 5.74) is 0.290. The monoisotopic (exact) mass is 330 g/mol. The molecule has 0 aliphatic heterocycles. The summed E-state index contributed by atoms with van der Waals surface area (Å²) < 4.78 is 39.9. The van der Waals surface area contributed by atoms with E-state index >= 15 is 0 Å². The molecular formula is C16H9F3N4O. The fourth-order valence-electron chi connectivity index (χ4n) is 2.57. The van der Waals surface area contributed by atoms with E-state index < -0.39 is 11.9 Å². The predicted octanol–water partition coefficient (Wildman–Crippen LogP) is 3.26. The summed E-state index contributed by atoms with van der Waals surface area (Å²) in [6, 6.07) is 10.8. The van der Waals surface area contributed by atoms with Gasteiger partial charge in [0.2, 0.25) is 0 Å². The van der Waals surface area contributed by atoms with Crippen LogP contribution in [-0.4, -0.2) is 19.6 Å². The molecule has 0 saturated heterocycles. The molecular weight excluding hydrogens is 321 g/mol. The molecule has 0 spiro atoms. The number of halogens is 3. The molecule has 0 bridgehead atoms. The minimum absolute atomic E-state index is 0.269. The van der Waals surface area contributed by atoms with E-state index in [4.69, 9.17) is 0 Å². The zero-order valence-electron chi connectivity index (χ0n) is 12.0. The average molecular weight is 330 g/mol. The number of rotatable bonds is 1. The number of hydrogen-bond acceptors (Lipinski definition) is 3. The minimum Gasteiger partial charge on any atom is -0.306 e. The first-order valence-corrected chi connectivity index (χ1v) is 6.98. The van der Waals surface area contributed by atoms with Crippen LogP contribution in [0.25, 0.3) is 27.8 Å². The lowest BCUT2D eigenvalue weighted by Gasteiger charge is -2.05. The Kier molecular flexibility index (Phi) is 2.96. The van der Waals surface area contributed by atoms with Gasteiger partial charge in [0, 0.05) is 17.8 Å². The van der Waals surface area contributed by atoms with Gasteiger partial charge in [-0.3, -0.25) is 9.78 Å². The van der Waals surface area contributed by atoms with Gasteiger partial charge >= 0.3 is 6.18 Å². The highest BCUT2D eigenvalue weighted by Crippen LogP contribution is 2.30. The van der Waals surface area contributed by atoms with Crippen LogP contribution in [0.1, 0.15) is 5.69 Å². The summed E-state index contributed by atoms with van der Waals surface area (Å²) in [6.07, 6.45) is -3.45. The van der Waals surface area contributed by atoms with Crippen LogP contribution in [0.2, 0.25) is 0 Å². The topological polar surface area (TPSA) is 63.0 Å². The van der Waals surface area contributed by atoms with Gasteiger partial charge in [-0.25, -0.2) is 4.52 Å². The van der Waals surface area contributed by atoms with Crippen molar-refractivity contribution in [2.24, 2.45) is 0 Å². The number of fused-ring (bicyclic) bond motifs is 3. The molecule has 1 N–H and O–H groups in total. The predicted molar refractivity (Wildman–Crippen MR) is 81.6 cm³/mol. The number of H-pyrrole nitrogens is 1. The fourth-order valence-corrected chi connectivity index (χ4v) is 2.57. The van der Waals surface area contributed by atoms with Gasteiger partial charge in [-0.05, 0) is 24.3 Å². The summed E-state index contributed by atoms with van der Waals surface area (Å²) in [7, 11) is 0. The van der Waals surface area contributed by atoms with Crippen molar-refractivity contribution in [1.29, 1.82) is 0 Å². The molecule has 3 aromatic heterocycles. The molecule has 0 amide bonds. The van der Waals surface area contributed by atoms with Crippen molar-refractivity contribution in [2.45, 2.75) is 6.18 Å². The van der Waals surface area contributed by atoms with Crippen LogP contribution >= 0.6 is 0 Å². The lowest BCUT2D eigenvalue weighted by molar-refractivity contribution is -0.141. The highest BCUT2D eigenvalue weighted by molar-refractivity contribution is 5.81. The molecule has 4 aromatic rings. The molecule has 0 fully saturated rings. The Morgan fingerprint density at radius 2 is 1.88 bits per heavy atom. The number of alkyl halides is 3. The lowest BCUT2D eigenvalue weighted by Crippen LogP contribution is -2.09. The van der Waals surface area contributed by atoms with Crippen LogP contribution in [0.15, 0.2) is 53.5 Å². The molecule has 0 aliphatic rings. The van der Waals surface area contributed by atoms with E-state index in [1.54, 1.807) is 24.3 Å². The third-order valence-electron chi connectivity index (χ3n) is 3.67. The maximum absolute atomic E-state index is 12.8. The minimum atomic E-state index is -4.53. The molecule has 8 heteroatoms. The first kappa shape index (κ1) is 14.4. The maximum Gasteiger partial charge on any atom is 0.433 e. The zero-order valence-corrected chi connectivity index (χ0v) is 12.0. The molecule has 0 unspecified atom stereocenters. The van der Waals surface area contributed by atoms with Crippen molar-refractivity contribution >= 4 is 16.6 Å². The zero-order chi connectivity index (χ0) is 16.9. The van der Waals surface area contributed by atoms with Crippen LogP contribution in [0, 0.1) is 0 Å². The number of aromatic amines is 1. The Bertz CT molecular complexity index is 1130. The van der Waals surface area contributed by atoms with E-state index in [1.165, 1.54) is 16.6 Å². The largest absolute Gasteiger partial charge is 0.433 e. The van der Waals surface area contributed by atoms with Crippen LogP contribution in [0.4, 0.5) is 13.2 Å². The van der Waals surface area contributed by atoms with Gasteiger partial charge in [0.25, 0.3) is 5.56 Å². The average Bonchev–Trinajstić information content (AvgIpc) is 2.99. The number of para-hydroxylation sites is 1. The van der Waals surface area contributed by atoms with Crippen molar-refractivity contribution in [3.05, 3.63) is 64.7 Å². The SMILES string of the molecule is O=c1[nH]c2cc(-c3ccnc(C(F)(F)F)c3)nn2c2ccccc12. The number of pyridine rings is 1. The van der Waals surface area contributed by atoms with Crippen molar-refractivity contribution < 1.29 is 13.2 Å². The van der Waals surface area contributed by atoms with E-state index in [9.17, 15) is 18.0 Å². The number of hydrogen-bond donors (Lipinski definition) is 1. The van der Waals surface area contributed by atoms with Crippen LogP contribution in [0.5, 0.6) is 0 Å². The molecule has 1 aromatic carbocycles. The second-order valence-corrected chi connectivity index (χ2v) is 5.23. The quantitative estimate of drug-likeness (QED) is 0.583. The fraction of sp³-hybridized carbons (Fsp3) is 0.0625. The standard InChI is InChI=1S/C16H9F3N4O/c17-16(18,19)13-7-9(5-6-20-13)11-8-14-21-15(24)10-3-1-2-4-12(10)23(14)22-11/h1-8H,(H,21,24). The number of nitrogens with one attached hydrogen (secondary N) is 1. The highest BCUT2D eigenvalue weighted by atomic mass is 19.4. The van der Waals surface area contributed by atoms with Gasteiger partial charge in [-0.15, -0.1) is 0 Å². The number of nitrogens with zero attached hydrogens (tertiary/aromatic N) is 3. The van der Waals surface area contributed by atoms with E-state index in [0.717, 1.165) is 12.3 Å². The summed E-state index contributed by atoms with van der Waals surface area (Å²) >= 11 is 0. The first-order chi connectivity index (χ1) is 11.4. The summed E-state index contributed by atoms with van der Waals surface area (Å²) in [5.74, 6) is 0. The Hall–Kier alpha value is -3.16. The molecule has 120 valence electrons. The van der Waals surface area contributed by atoms with Crippen molar-refractivity contribution in [1.82, 2.24) is 19.6 Å². The number of benzene rings is 1. The van der Waals surface area contributed by atoms with E-state index in [-0.39, 0.29) is 11.1 Å². The lowest BCUT2D eigenvalue weighted by atomic mass is 10.1. The van der Waals surface area contributed by atoms with Gasteiger partial charge in [-0.1, -0.05) is 12.1 Å².